The van der Waals surface area contributed by atoms with Gasteiger partial charge >= 0.3 is 6.03 Å². The van der Waals surface area contributed by atoms with Crippen LogP contribution in [-0.2, 0) is 18.3 Å². The molecule has 3 rings (SSSR count). The van der Waals surface area contributed by atoms with E-state index < -0.39 is 0 Å². The van der Waals surface area contributed by atoms with Gasteiger partial charge in [-0.15, -0.1) is 0 Å². The summed E-state index contributed by atoms with van der Waals surface area (Å²) in [6.07, 6.45) is 3.21. The Labute approximate surface area is 133 Å². The highest BCUT2D eigenvalue weighted by atomic mass is 19.1. The van der Waals surface area contributed by atoms with Gasteiger partial charge in [0.1, 0.15) is 17.7 Å². The number of morpholine rings is 1. The Morgan fingerprint density at radius 1 is 1.52 bits per heavy atom. The van der Waals surface area contributed by atoms with Crippen molar-refractivity contribution in [3.8, 4) is 0 Å². The molecule has 1 aliphatic rings. The van der Waals surface area contributed by atoms with E-state index in [1.807, 2.05) is 23.9 Å². The number of aryl methyl sites for hydroxylation is 1. The summed E-state index contributed by atoms with van der Waals surface area (Å²) in [4.78, 5) is 18.1. The number of imidazole rings is 1. The Bertz CT molecular complexity index is 688. The third kappa shape index (κ3) is 3.68. The number of urea groups is 1. The Morgan fingerprint density at radius 3 is 3.13 bits per heavy atom. The van der Waals surface area contributed by atoms with E-state index in [0.29, 0.717) is 26.2 Å². The maximum absolute atomic E-state index is 13.3. The highest BCUT2D eigenvalue weighted by Crippen LogP contribution is 2.22. The van der Waals surface area contributed by atoms with Gasteiger partial charge in [0.05, 0.1) is 19.7 Å². The van der Waals surface area contributed by atoms with Crippen molar-refractivity contribution in [3.63, 3.8) is 0 Å². The number of halogens is 1. The molecule has 0 unspecified atom stereocenters. The fraction of sp³-hybridized carbons (Fsp3) is 0.375. The van der Waals surface area contributed by atoms with E-state index in [-0.39, 0.29) is 18.0 Å². The molecule has 1 aromatic carbocycles. The van der Waals surface area contributed by atoms with E-state index in [0.717, 1.165) is 11.4 Å². The Kier molecular flexibility index (Phi) is 4.57. The van der Waals surface area contributed by atoms with Crippen LogP contribution in [0.1, 0.15) is 17.5 Å². The van der Waals surface area contributed by atoms with Gasteiger partial charge in [0.25, 0.3) is 0 Å². The number of carbonyl (C=O) groups excluding carboxylic acids is 1. The summed E-state index contributed by atoms with van der Waals surface area (Å²) in [5.74, 6) is 0.482. The molecule has 1 aliphatic heterocycles. The lowest BCUT2D eigenvalue weighted by Crippen LogP contribution is -2.47. The summed E-state index contributed by atoms with van der Waals surface area (Å²) in [5.41, 5.74) is 0.742. The summed E-state index contributed by atoms with van der Waals surface area (Å²) in [7, 11) is 1.88. The molecule has 1 atom stereocenters. The van der Waals surface area contributed by atoms with Crippen LogP contribution in [0.2, 0.25) is 0 Å². The van der Waals surface area contributed by atoms with E-state index in [1.165, 1.54) is 12.1 Å². The predicted octanol–water partition coefficient (Wildman–Crippen LogP) is 1.84. The highest BCUT2D eigenvalue weighted by molar-refractivity contribution is 5.74. The number of hydrogen-bond acceptors (Lipinski definition) is 3. The van der Waals surface area contributed by atoms with Crippen LogP contribution >= 0.6 is 0 Å². The van der Waals surface area contributed by atoms with E-state index >= 15 is 0 Å². The van der Waals surface area contributed by atoms with Crippen molar-refractivity contribution in [2.24, 2.45) is 7.05 Å². The minimum atomic E-state index is -0.307. The summed E-state index contributed by atoms with van der Waals surface area (Å²) >= 11 is 0. The number of benzene rings is 1. The van der Waals surface area contributed by atoms with Gasteiger partial charge in [-0.1, -0.05) is 12.1 Å². The Balaban J connectivity index is 1.59. The van der Waals surface area contributed by atoms with E-state index in [9.17, 15) is 9.18 Å². The second kappa shape index (κ2) is 6.78. The molecule has 7 heteroatoms. The molecule has 23 heavy (non-hydrogen) atoms. The standard InChI is InChI=1S/C16H19FN4O2/c1-20-6-5-18-15(20)10-19-16(22)21-7-8-23-14(11-21)12-3-2-4-13(17)9-12/h2-6,9,14H,7-8,10-11H2,1H3,(H,19,22)/t14-/m1/s1. The number of ether oxygens (including phenoxy) is 1. The quantitative estimate of drug-likeness (QED) is 0.939. The van der Waals surface area contributed by atoms with Crippen LogP contribution in [0.4, 0.5) is 9.18 Å². The lowest BCUT2D eigenvalue weighted by molar-refractivity contribution is -0.0156. The van der Waals surface area contributed by atoms with Crippen molar-refractivity contribution in [2.45, 2.75) is 12.6 Å². The van der Waals surface area contributed by atoms with Crippen LogP contribution in [0.3, 0.4) is 0 Å². The second-order valence-corrected chi connectivity index (χ2v) is 5.47. The van der Waals surface area contributed by atoms with Gasteiger partial charge in [-0.05, 0) is 17.7 Å². The fourth-order valence-electron chi connectivity index (χ4n) is 2.58. The minimum Gasteiger partial charge on any atom is -0.370 e. The lowest BCUT2D eigenvalue weighted by Gasteiger charge is -2.33. The molecular weight excluding hydrogens is 299 g/mol. The molecule has 0 saturated carbocycles. The van der Waals surface area contributed by atoms with Crippen molar-refractivity contribution in [3.05, 3.63) is 53.9 Å². The molecule has 0 spiro atoms. The maximum atomic E-state index is 13.3. The summed E-state index contributed by atoms with van der Waals surface area (Å²) in [5, 5.41) is 2.85. The molecule has 2 amide bonds. The van der Waals surface area contributed by atoms with Crippen LogP contribution in [0, 0.1) is 5.82 Å². The number of nitrogens with zero attached hydrogens (tertiary/aromatic N) is 3. The number of carbonyl (C=O) groups is 1. The van der Waals surface area contributed by atoms with Crippen LogP contribution < -0.4 is 5.32 Å². The molecule has 0 radical (unpaired) electrons. The van der Waals surface area contributed by atoms with Gasteiger partial charge in [0, 0.05) is 26.0 Å². The molecule has 6 nitrogen and oxygen atoms in total. The smallest absolute Gasteiger partial charge is 0.317 e. The molecule has 2 aromatic rings. The first-order valence-electron chi connectivity index (χ1n) is 7.49. The summed E-state index contributed by atoms with van der Waals surface area (Å²) in [6, 6.07) is 6.12. The molecule has 0 aliphatic carbocycles. The van der Waals surface area contributed by atoms with Crippen molar-refractivity contribution in [1.29, 1.82) is 0 Å². The van der Waals surface area contributed by atoms with Crippen LogP contribution in [-0.4, -0.2) is 40.2 Å². The SMILES string of the molecule is Cn1ccnc1CNC(=O)N1CCO[C@@H](c2cccc(F)c2)C1. The lowest BCUT2D eigenvalue weighted by atomic mass is 10.1. The summed E-state index contributed by atoms with van der Waals surface area (Å²) in [6.45, 7) is 1.70. The number of rotatable bonds is 3. The third-order valence-corrected chi connectivity index (χ3v) is 3.89. The van der Waals surface area contributed by atoms with Gasteiger partial charge in [0.15, 0.2) is 0 Å². The topological polar surface area (TPSA) is 59.4 Å². The first-order valence-corrected chi connectivity index (χ1v) is 7.49. The number of amides is 2. The summed E-state index contributed by atoms with van der Waals surface area (Å²) < 4.78 is 20.9. The van der Waals surface area contributed by atoms with Crippen LogP contribution in [0.5, 0.6) is 0 Å². The van der Waals surface area contributed by atoms with Gasteiger partial charge in [-0.25, -0.2) is 14.2 Å². The van der Waals surface area contributed by atoms with Gasteiger partial charge in [0.2, 0.25) is 0 Å². The molecule has 1 saturated heterocycles. The Hall–Kier alpha value is -2.41. The first kappa shape index (κ1) is 15.5. The van der Waals surface area contributed by atoms with Gasteiger partial charge in [-0.3, -0.25) is 0 Å². The maximum Gasteiger partial charge on any atom is 0.317 e. The molecule has 1 aromatic heterocycles. The fourth-order valence-corrected chi connectivity index (χ4v) is 2.58. The first-order chi connectivity index (χ1) is 11.1. The molecule has 0 bridgehead atoms. The van der Waals surface area contributed by atoms with Gasteiger partial charge < -0.3 is 19.5 Å². The zero-order valence-electron chi connectivity index (χ0n) is 12.9. The number of hydrogen-bond donors (Lipinski definition) is 1. The third-order valence-electron chi connectivity index (χ3n) is 3.89. The van der Waals surface area contributed by atoms with E-state index in [2.05, 4.69) is 10.3 Å². The largest absolute Gasteiger partial charge is 0.370 e. The van der Waals surface area contributed by atoms with Crippen molar-refractivity contribution >= 4 is 6.03 Å². The average molecular weight is 318 g/mol. The van der Waals surface area contributed by atoms with Crippen molar-refractivity contribution in [2.75, 3.05) is 19.7 Å². The average Bonchev–Trinajstić information content (AvgIpc) is 2.98. The molecule has 1 N–H and O–H groups in total. The van der Waals surface area contributed by atoms with E-state index in [1.54, 1.807) is 17.2 Å². The molecule has 2 heterocycles. The monoisotopic (exact) mass is 318 g/mol. The predicted molar refractivity (Wildman–Crippen MR) is 82.1 cm³/mol. The molecule has 1 fully saturated rings. The zero-order chi connectivity index (χ0) is 16.2. The zero-order valence-corrected chi connectivity index (χ0v) is 12.9. The number of nitrogens with one attached hydrogen (secondary N) is 1. The van der Waals surface area contributed by atoms with Crippen molar-refractivity contribution < 1.29 is 13.9 Å². The minimum absolute atomic E-state index is 0.169. The van der Waals surface area contributed by atoms with Crippen LogP contribution in [0.15, 0.2) is 36.7 Å². The number of aromatic nitrogens is 2. The Morgan fingerprint density at radius 2 is 2.39 bits per heavy atom. The van der Waals surface area contributed by atoms with Gasteiger partial charge in [-0.2, -0.15) is 0 Å². The van der Waals surface area contributed by atoms with Crippen molar-refractivity contribution in [1.82, 2.24) is 19.8 Å². The molecular formula is C16H19FN4O2. The van der Waals surface area contributed by atoms with Crippen LogP contribution in [0.25, 0.3) is 0 Å². The highest BCUT2D eigenvalue weighted by Gasteiger charge is 2.25. The molecule has 122 valence electrons. The second-order valence-electron chi connectivity index (χ2n) is 5.47. The van der Waals surface area contributed by atoms with E-state index in [4.69, 9.17) is 4.74 Å². The normalized spacial score (nSPS) is 18.0.